The Morgan fingerprint density at radius 1 is 1.47 bits per heavy atom. The molecule has 1 fully saturated rings. The summed E-state index contributed by atoms with van der Waals surface area (Å²) in [6.45, 7) is 3.17. The SMILES string of the molecule is CN1CCCC(NCCCC(=O)O)CC1. The van der Waals surface area contributed by atoms with Crippen molar-refractivity contribution < 1.29 is 9.90 Å². The normalized spacial score (nSPS) is 23.7. The predicted octanol–water partition coefficient (Wildman–Crippen LogP) is 0.925. The lowest BCUT2D eigenvalue weighted by Crippen LogP contribution is -2.31. The van der Waals surface area contributed by atoms with Crippen LogP contribution in [0.5, 0.6) is 0 Å². The summed E-state index contributed by atoms with van der Waals surface area (Å²) in [5.41, 5.74) is 0. The van der Waals surface area contributed by atoms with Gasteiger partial charge in [-0.15, -0.1) is 0 Å². The molecule has 1 rings (SSSR count). The first-order valence-electron chi connectivity index (χ1n) is 5.82. The second-order valence-electron chi connectivity index (χ2n) is 4.38. The largest absolute Gasteiger partial charge is 0.481 e. The Bertz CT molecular complexity index is 197. The van der Waals surface area contributed by atoms with E-state index in [1.807, 2.05) is 0 Å². The first-order valence-corrected chi connectivity index (χ1v) is 5.82. The van der Waals surface area contributed by atoms with Crippen LogP contribution in [0.3, 0.4) is 0 Å². The molecule has 0 aromatic carbocycles. The van der Waals surface area contributed by atoms with E-state index in [-0.39, 0.29) is 6.42 Å². The van der Waals surface area contributed by atoms with Crippen molar-refractivity contribution >= 4 is 5.97 Å². The van der Waals surface area contributed by atoms with Crippen molar-refractivity contribution in [2.75, 3.05) is 26.7 Å². The zero-order chi connectivity index (χ0) is 11.1. The average molecular weight is 214 g/mol. The van der Waals surface area contributed by atoms with Crippen LogP contribution in [0.1, 0.15) is 32.1 Å². The summed E-state index contributed by atoms with van der Waals surface area (Å²) < 4.78 is 0. The molecule has 88 valence electrons. The zero-order valence-electron chi connectivity index (χ0n) is 9.54. The molecule has 1 aliphatic heterocycles. The molecule has 4 heteroatoms. The minimum Gasteiger partial charge on any atom is -0.481 e. The van der Waals surface area contributed by atoms with Gasteiger partial charge >= 0.3 is 5.97 Å². The Kier molecular flexibility index (Phi) is 5.65. The smallest absolute Gasteiger partial charge is 0.303 e. The molecule has 2 N–H and O–H groups in total. The molecule has 0 aromatic heterocycles. The number of aliphatic carboxylic acids is 1. The highest BCUT2D eigenvalue weighted by molar-refractivity contribution is 5.66. The third-order valence-corrected chi connectivity index (χ3v) is 2.95. The summed E-state index contributed by atoms with van der Waals surface area (Å²) in [6.07, 6.45) is 4.66. The van der Waals surface area contributed by atoms with Crippen LogP contribution in [-0.4, -0.2) is 48.7 Å². The van der Waals surface area contributed by atoms with E-state index in [1.54, 1.807) is 0 Å². The number of rotatable bonds is 5. The van der Waals surface area contributed by atoms with Gasteiger partial charge in [0.2, 0.25) is 0 Å². The van der Waals surface area contributed by atoms with Gasteiger partial charge in [-0.05, 0) is 52.4 Å². The van der Waals surface area contributed by atoms with Crippen LogP contribution in [0.15, 0.2) is 0 Å². The molecule has 0 aliphatic carbocycles. The van der Waals surface area contributed by atoms with Crippen molar-refractivity contribution in [1.82, 2.24) is 10.2 Å². The summed E-state index contributed by atoms with van der Waals surface area (Å²) in [6, 6.07) is 0.587. The topological polar surface area (TPSA) is 52.6 Å². The van der Waals surface area contributed by atoms with Crippen LogP contribution in [0.25, 0.3) is 0 Å². The molecule has 0 aromatic rings. The first kappa shape index (κ1) is 12.5. The van der Waals surface area contributed by atoms with E-state index < -0.39 is 5.97 Å². The van der Waals surface area contributed by atoms with Gasteiger partial charge in [-0.1, -0.05) is 0 Å². The van der Waals surface area contributed by atoms with Crippen molar-refractivity contribution in [1.29, 1.82) is 0 Å². The quantitative estimate of drug-likeness (QED) is 0.668. The third-order valence-electron chi connectivity index (χ3n) is 2.95. The number of hydrogen-bond acceptors (Lipinski definition) is 3. The van der Waals surface area contributed by atoms with Crippen molar-refractivity contribution in [2.24, 2.45) is 0 Å². The van der Waals surface area contributed by atoms with Gasteiger partial charge in [-0.3, -0.25) is 4.79 Å². The molecule has 0 radical (unpaired) electrons. The number of hydrogen-bond donors (Lipinski definition) is 2. The van der Waals surface area contributed by atoms with Crippen molar-refractivity contribution in [3.63, 3.8) is 0 Å². The third kappa shape index (κ3) is 5.74. The second-order valence-corrected chi connectivity index (χ2v) is 4.38. The highest BCUT2D eigenvalue weighted by Crippen LogP contribution is 2.09. The molecule has 0 spiro atoms. The minimum atomic E-state index is -0.697. The molecule has 1 atom stereocenters. The molecular weight excluding hydrogens is 192 g/mol. The molecule has 0 saturated carbocycles. The first-order chi connectivity index (χ1) is 7.18. The van der Waals surface area contributed by atoms with Gasteiger partial charge in [0.05, 0.1) is 0 Å². The van der Waals surface area contributed by atoms with Crippen LogP contribution in [0, 0.1) is 0 Å². The lowest BCUT2D eigenvalue weighted by molar-refractivity contribution is -0.137. The summed E-state index contributed by atoms with van der Waals surface area (Å²) >= 11 is 0. The molecule has 1 heterocycles. The van der Waals surface area contributed by atoms with E-state index in [4.69, 9.17) is 5.11 Å². The number of carbonyl (C=O) groups is 1. The van der Waals surface area contributed by atoms with Gasteiger partial charge in [0, 0.05) is 12.5 Å². The Morgan fingerprint density at radius 3 is 3.00 bits per heavy atom. The number of nitrogens with zero attached hydrogens (tertiary/aromatic N) is 1. The Labute approximate surface area is 91.6 Å². The fourth-order valence-corrected chi connectivity index (χ4v) is 1.99. The molecule has 4 nitrogen and oxygen atoms in total. The maximum atomic E-state index is 10.3. The molecule has 0 bridgehead atoms. The van der Waals surface area contributed by atoms with Gasteiger partial charge in [-0.25, -0.2) is 0 Å². The maximum Gasteiger partial charge on any atom is 0.303 e. The van der Waals surface area contributed by atoms with Crippen molar-refractivity contribution in [3.05, 3.63) is 0 Å². The monoisotopic (exact) mass is 214 g/mol. The lowest BCUT2D eigenvalue weighted by Gasteiger charge is -2.16. The van der Waals surface area contributed by atoms with Crippen molar-refractivity contribution in [3.8, 4) is 0 Å². The molecule has 0 amide bonds. The minimum absolute atomic E-state index is 0.277. The molecule has 1 saturated heterocycles. The van der Waals surface area contributed by atoms with Gasteiger partial charge in [0.25, 0.3) is 0 Å². The lowest BCUT2D eigenvalue weighted by atomic mass is 10.1. The summed E-state index contributed by atoms with van der Waals surface area (Å²) in [5, 5.41) is 11.9. The van der Waals surface area contributed by atoms with Crippen LogP contribution in [0.4, 0.5) is 0 Å². The number of carboxylic acid groups (broad SMARTS) is 1. The van der Waals surface area contributed by atoms with Crippen LogP contribution in [0.2, 0.25) is 0 Å². The highest BCUT2D eigenvalue weighted by Gasteiger charge is 2.13. The number of carboxylic acids is 1. The Balaban J connectivity index is 2.07. The summed E-state index contributed by atoms with van der Waals surface area (Å²) in [7, 11) is 2.16. The predicted molar refractivity (Wildman–Crippen MR) is 60.0 cm³/mol. The number of likely N-dealkylation sites (tertiary alicyclic amines) is 1. The van der Waals surface area contributed by atoms with E-state index in [0.717, 1.165) is 19.5 Å². The molecule has 15 heavy (non-hydrogen) atoms. The van der Waals surface area contributed by atoms with Gasteiger partial charge < -0.3 is 15.3 Å². The summed E-state index contributed by atoms with van der Waals surface area (Å²) in [4.78, 5) is 12.7. The van der Waals surface area contributed by atoms with Crippen LogP contribution < -0.4 is 5.32 Å². The Morgan fingerprint density at radius 2 is 2.27 bits per heavy atom. The van der Waals surface area contributed by atoms with Crippen LogP contribution >= 0.6 is 0 Å². The van der Waals surface area contributed by atoms with E-state index in [1.165, 1.54) is 25.8 Å². The molecular formula is C11H22N2O2. The fraction of sp³-hybridized carbons (Fsp3) is 0.909. The summed E-state index contributed by atoms with van der Waals surface area (Å²) in [5.74, 6) is -0.697. The van der Waals surface area contributed by atoms with E-state index >= 15 is 0 Å². The maximum absolute atomic E-state index is 10.3. The van der Waals surface area contributed by atoms with Crippen molar-refractivity contribution in [2.45, 2.75) is 38.1 Å². The van der Waals surface area contributed by atoms with E-state index in [2.05, 4.69) is 17.3 Å². The molecule has 1 unspecified atom stereocenters. The van der Waals surface area contributed by atoms with Gasteiger partial charge in [0.1, 0.15) is 0 Å². The van der Waals surface area contributed by atoms with E-state index in [9.17, 15) is 4.79 Å². The van der Waals surface area contributed by atoms with Gasteiger partial charge in [0.15, 0.2) is 0 Å². The average Bonchev–Trinajstić information content (AvgIpc) is 2.38. The molecule has 1 aliphatic rings. The fourth-order valence-electron chi connectivity index (χ4n) is 1.99. The Hall–Kier alpha value is -0.610. The van der Waals surface area contributed by atoms with Gasteiger partial charge in [-0.2, -0.15) is 0 Å². The standard InChI is InChI=1S/C11H22N2O2/c1-13-8-3-4-10(6-9-13)12-7-2-5-11(14)15/h10,12H,2-9H2,1H3,(H,14,15). The zero-order valence-corrected chi connectivity index (χ0v) is 9.54. The second kappa shape index (κ2) is 6.80. The van der Waals surface area contributed by atoms with E-state index in [0.29, 0.717) is 6.04 Å². The highest BCUT2D eigenvalue weighted by atomic mass is 16.4. The van der Waals surface area contributed by atoms with Crippen LogP contribution in [-0.2, 0) is 4.79 Å². The number of nitrogens with one attached hydrogen (secondary N) is 1.